The van der Waals surface area contributed by atoms with Crippen LogP contribution in [0.1, 0.15) is 36.5 Å². The van der Waals surface area contributed by atoms with Gasteiger partial charge in [0.2, 0.25) is 0 Å². The summed E-state index contributed by atoms with van der Waals surface area (Å²) in [4.78, 5) is 34.3. The van der Waals surface area contributed by atoms with Crippen molar-refractivity contribution in [2.75, 3.05) is 0 Å². The van der Waals surface area contributed by atoms with Crippen molar-refractivity contribution in [3.05, 3.63) is 34.2 Å². The lowest BCUT2D eigenvalue weighted by Crippen LogP contribution is -2.41. The molecule has 6 heteroatoms. The van der Waals surface area contributed by atoms with Crippen molar-refractivity contribution in [3.8, 4) is 0 Å². The zero-order valence-corrected chi connectivity index (χ0v) is 11.0. The number of rotatable bonds is 6. The van der Waals surface area contributed by atoms with Crippen molar-refractivity contribution in [2.45, 2.75) is 32.2 Å². The number of carboxylic acid groups (broad SMARTS) is 1. The average Bonchev–Trinajstić information content (AvgIpc) is 2.37. The highest BCUT2D eigenvalue weighted by Gasteiger charge is 2.20. The maximum absolute atomic E-state index is 11.9. The van der Waals surface area contributed by atoms with Gasteiger partial charge in [0.15, 0.2) is 0 Å². The van der Waals surface area contributed by atoms with Gasteiger partial charge in [0.1, 0.15) is 6.04 Å². The van der Waals surface area contributed by atoms with Crippen molar-refractivity contribution in [1.82, 2.24) is 9.88 Å². The number of nitrogens with zero attached hydrogens (tertiary/aromatic N) is 1. The van der Waals surface area contributed by atoms with E-state index in [9.17, 15) is 14.4 Å². The summed E-state index contributed by atoms with van der Waals surface area (Å²) < 4.78 is 1.34. The maximum Gasteiger partial charge on any atom is 0.326 e. The fourth-order valence-corrected chi connectivity index (χ4v) is 1.60. The molecule has 0 aliphatic rings. The number of pyridine rings is 1. The van der Waals surface area contributed by atoms with E-state index in [2.05, 4.69) is 5.32 Å². The highest BCUT2D eigenvalue weighted by Crippen LogP contribution is 2.03. The normalized spacial score (nSPS) is 11.9. The van der Waals surface area contributed by atoms with E-state index in [1.165, 1.54) is 22.9 Å². The summed E-state index contributed by atoms with van der Waals surface area (Å²) in [6.45, 7) is 1.95. The van der Waals surface area contributed by atoms with Crippen LogP contribution in [-0.4, -0.2) is 27.6 Å². The summed E-state index contributed by atoms with van der Waals surface area (Å²) in [5.41, 5.74) is -0.140. The molecule has 0 aliphatic heterocycles. The van der Waals surface area contributed by atoms with Gasteiger partial charge in [-0.2, -0.15) is 0 Å². The quantitative estimate of drug-likeness (QED) is 0.795. The van der Waals surface area contributed by atoms with Crippen LogP contribution in [0.5, 0.6) is 0 Å². The van der Waals surface area contributed by atoms with Gasteiger partial charge in [-0.25, -0.2) is 4.79 Å². The molecule has 0 bridgehead atoms. The van der Waals surface area contributed by atoms with Gasteiger partial charge in [-0.05, 0) is 12.5 Å². The average molecular weight is 266 g/mol. The molecule has 104 valence electrons. The summed E-state index contributed by atoms with van der Waals surface area (Å²) in [5, 5.41) is 11.4. The van der Waals surface area contributed by atoms with Gasteiger partial charge >= 0.3 is 5.97 Å². The van der Waals surface area contributed by atoms with Crippen LogP contribution >= 0.6 is 0 Å². The van der Waals surface area contributed by atoms with E-state index in [1.807, 2.05) is 6.92 Å². The minimum atomic E-state index is -1.06. The molecule has 1 heterocycles. The molecule has 1 unspecified atom stereocenters. The summed E-state index contributed by atoms with van der Waals surface area (Å²) in [5.74, 6) is -1.60. The molecule has 0 radical (unpaired) electrons. The Balaban J connectivity index is 2.78. The lowest BCUT2D eigenvalue weighted by Gasteiger charge is -2.14. The van der Waals surface area contributed by atoms with Crippen molar-refractivity contribution < 1.29 is 14.7 Å². The van der Waals surface area contributed by atoms with Gasteiger partial charge in [-0.15, -0.1) is 0 Å². The van der Waals surface area contributed by atoms with Crippen LogP contribution in [0.25, 0.3) is 0 Å². The zero-order chi connectivity index (χ0) is 14.4. The van der Waals surface area contributed by atoms with Crippen molar-refractivity contribution in [2.24, 2.45) is 7.05 Å². The summed E-state index contributed by atoms with van der Waals surface area (Å²) in [7, 11) is 1.57. The van der Waals surface area contributed by atoms with E-state index >= 15 is 0 Å². The number of carboxylic acids is 1. The zero-order valence-electron chi connectivity index (χ0n) is 11.0. The van der Waals surface area contributed by atoms with Crippen molar-refractivity contribution >= 4 is 11.9 Å². The van der Waals surface area contributed by atoms with Gasteiger partial charge in [0.25, 0.3) is 11.5 Å². The molecule has 0 aromatic carbocycles. The van der Waals surface area contributed by atoms with Crippen LogP contribution in [-0.2, 0) is 11.8 Å². The Bertz CT molecular complexity index is 522. The first-order chi connectivity index (χ1) is 8.95. The number of unbranched alkanes of at least 4 members (excludes halogenated alkanes) is 1. The highest BCUT2D eigenvalue weighted by atomic mass is 16.4. The molecular weight excluding hydrogens is 248 g/mol. The molecule has 0 saturated heterocycles. The number of aliphatic carboxylic acids is 1. The van der Waals surface area contributed by atoms with Gasteiger partial charge in [0.05, 0.1) is 0 Å². The Morgan fingerprint density at radius 3 is 2.68 bits per heavy atom. The van der Waals surface area contributed by atoms with E-state index < -0.39 is 17.9 Å². The standard InChI is InChI=1S/C13H18N2O4/c1-3-4-5-10(13(18)19)14-12(17)9-6-7-15(2)11(16)8-9/h6-8,10H,3-5H2,1-2H3,(H,14,17)(H,18,19). The molecule has 0 aliphatic carbocycles. The highest BCUT2D eigenvalue weighted by molar-refractivity contribution is 5.96. The number of hydrogen-bond acceptors (Lipinski definition) is 3. The van der Waals surface area contributed by atoms with Crippen LogP contribution in [0, 0.1) is 0 Å². The molecule has 1 aromatic heterocycles. The molecule has 19 heavy (non-hydrogen) atoms. The lowest BCUT2D eigenvalue weighted by atomic mass is 10.1. The number of aryl methyl sites for hydroxylation is 1. The number of aromatic nitrogens is 1. The van der Waals surface area contributed by atoms with E-state index in [0.717, 1.165) is 6.42 Å². The predicted octanol–water partition coefficient (Wildman–Crippen LogP) is 0.758. The molecule has 6 nitrogen and oxygen atoms in total. The van der Waals surface area contributed by atoms with Crippen LogP contribution < -0.4 is 10.9 Å². The van der Waals surface area contributed by atoms with Crippen molar-refractivity contribution in [3.63, 3.8) is 0 Å². The second-order valence-corrected chi connectivity index (χ2v) is 4.37. The molecule has 1 aromatic rings. The first kappa shape index (κ1) is 14.9. The lowest BCUT2D eigenvalue weighted by molar-refractivity contribution is -0.139. The topological polar surface area (TPSA) is 88.4 Å². The molecule has 2 N–H and O–H groups in total. The predicted molar refractivity (Wildman–Crippen MR) is 70.1 cm³/mol. The molecular formula is C13H18N2O4. The van der Waals surface area contributed by atoms with Crippen molar-refractivity contribution in [1.29, 1.82) is 0 Å². The Morgan fingerprint density at radius 2 is 2.16 bits per heavy atom. The van der Waals surface area contributed by atoms with Gasteiger partial charge in [-0.3, -0.25) is 9.59 Å². The monoisotopic (exact) mass is 266 g/mol. The van der Waals surface area contributed by atoms with Gasteiger partial charge in [-0.1, -0.05) is 19.8 Å². The number of nitrogens with one attached hydrogen (secondary N) is 1. The smallest absolute Gasteiger partial charge is 0.326 e. The van der Waals surface area contributed by atoms with Crippen LogP contribution in [0.2, 0.25) is 0 Å². The third-order valence-corrected chi connectivity index (χ3v) is 2.82. The van der Waals surface area contributed by atoms with E-state index in [-0.39, 0.29) is 11.1 Å². The Labute approximate surface area is 111 Å². The second kappa shape index (κ2) is 6.72. The Kier molecular flexibility index (Phi) is 5.29. The molecule has 0 spiro atoms. The number of carbonyl (C=O) groups is 2. The first-order valence-corrected chi connectivity index (χ1v) is 6.16. The first-order valence-electron chi connectivity index (χ1n) is 6.16. The molecule has 0 fully saturated rings. The van der Waals surface area contributed by atoms with E-state index in [1.54, 1.807) is 7.05 Å². The maximum atomic E-state index is 11.9. The minimum Gasteiger partial charge on any atom is -0.480 e. The SMILES string of the molecule is CCCCC(NC(=O)c1ccn(C)c(=O)c1)C(=O)O. The van der Waals surface area contributed by atoms with Gasteiger partial charge in [0, 0.05) is 24.9 Å². The molecule has 1 amide bonds. The summed E-state index contributed by atoms with van der Waals surface area (Å²) in [6, 6.07) is 1.75. The Morgan fingerprint density at radius 1 is 1.47 bits per heavy atom. The number of hydrogen-bond donors (Lipinski definition) is 2. The summed E-state index contributed by atoms with van der Waals surface area (Å²) in [6.07, 6.45) is 3.42. The van der Waals surface area contributed by atoms with E-state index in [4.69, 9.17) is 5.11 Å². The van der Waals surface area contributed by atoms with Gasteiger partial charge < -0.3 is 15.0 Å². The van der Waals surface area contributed by atoms with Crippen LogP contribution in [0.3, 0.4) is 0 Å². The fraction of sp³-hybridized carbons (Fsp3) is 0.462. The molecule has 1 rings (SSSR count). The summed E-state index contributed by atoms with van der Waals surface area (Å²) >= 11 is 0. The Hall–Kier alpha value is -2.11. The molecule has 0 saturated carbocycles. The second-order valence-electron chi connectivity index (χ2n) is 4.37. The third-order valence-electron chi connectivity index (χ3n) is 2.82. The molecule has 1 atom stereocenters. The van der Waals surface area contributed by atoms with E-state index in [0.29, 0.717) is 12.8 Å². The third kappa shape index (κ3) is 4.24. The minimum absolute atomic E-state index is 0.172. The number of carbonyl (C=O) groups excluding carboxylic acids is 1. The van der Waals surface area contributed by atoms with Crippen LogP contribution in [0.15, 0.2) is 23.1 Å². The largest absolute Gasteiger partial charge is 0.480 e. The number of amides is 1. The van der Waals surface area contributed by atoms with Crippen LogP contribution in [0.4, 0.5) is 0 Å². The fourth-order valence-electron chi connectivity index (χ4n) is 1.60.